The number of carbonyl (C=O) groups excluding carboxylic acids is 2. The molecule has 0 bridgehead atoms. The predicted octanol–water partition coefficient (Wildman–Crippen LogP) is 4.37. The van der Waals surface area contributed by atoms with Crippen molar-refractivity contribution in [2.75, 3.05) is 20.8 Å². The SMILES string of the molecule is C.C.C.C.C.CCC(C)C(=O)NCN(C)C.CCC(C)C(N)=O. The highest BCUT2D eigenvalue weighted by atomic mass is 16.2. The number of hydrogen-bond donors (Lipinski definition) is 2. The van der Waals surface area contributed by atoms with Crippen molar-refractivity contribution in [2.24, 2.45) is 17.6 Å². The molecule has 0 aliphatic rings. The first-order valence-electron chi connectivity index (χ1n) is 6.47. The van der Waals surface area contributed by atoms with Crippen LogP contribution in [0.3, 0.4) is 0 Å². The highest BCUT2D eigenvalue weighted by molar-refractivity contribution is 5.78. The lowest BCUT2D eigenvalue weighted by Gasteiger charge is -2.13. The Morgan fingerprint density at radius 1 is 0.913 bits per heavy atom. The second-order valence-corrected chi connectivity index (χ2v) is 4.80. The van der Waals surface area contributed by atoms with Crippen molar-refractivity contribution in [3.05, 3.63) is 0 Å². The van der Waals surface area contributed by atoms with Gasteiger partial charge in [-0.25, -0.2) is 0 Å². The highest BCUT2D eigenvalue weighted by Crippen LogP contribution is 1.98. The molecule has 2 amide bonds. The summed E-state index contributed by atoms with van der Waals surface area (Å²) < 4.78 is 0. The number of carbonyl (C=O) groups is 2. The van der Waals surface area contributed by atoms with Crippen molar-refractivity contribution >= 4 is 11.8 Å². The van der Waals surface area contributed by atoms with Crippen LogP contribution in [0.15, 0.2) is 0 Å². The van der Waals surface area contributed by atoms with E-state index >= 15 is 0 Å². The maximum atomic E-state index is 11.1. The third kappa shape index (κ3) is 29.5. The Kier molecular flexibility index (Phi) is 48.4. The van der Waals surface area contributed by atoms with Crippen LogP contribution in [0.25, 0.3) is 0 Å². The summed E-state index contributed by atoms with van der Waals surface area (Å²) in [5.74, 6) is 0.110. The van der Waals surface area contributed by atoms with Gasteiger partial charge in [0.25, 0.3) is 0 Å². The summed E-state index contributed by atoms with van der Waals surface area (Å²) in [5.41, 5.74) is 4.91. The van der Waals surface area contributed by atoms with E-state index in [-0.39, 0.29) is 60.8 Å². The number of rotatable bonds is 6. The second kappa shape index (κ2) is 25.8. The molecule has 23 heavy (non-hydrogen) atoms. The number of nitrogens with two attached hydrogens (primary N) is 1. The summed E-state index contributed by atoms with van der Waals surface area (Å²) in [4.78, 5) is 23.2. The van der Waals surface area contributed by atoms with E-state index in [0.29, 0.717) is 6.67 Å². The van der Waals surface area contributed by atoms with Crippen LogP contribution >= 0.6 is 0 Å². The van der Waals surface area contributed by atoms with Crippen molar-refractivity contribution in [2.45, 2.75) is 77.7 Å². The molecular weight excluding hydrogens is 290 g/mol. The van der Waals surface area contributed by atoms with Gasteiger partial charge in [-0.2, -0.15) is 0 Å². The molecule has 2 unspecified atom stereocenters. The fourth-order valence-electron chi connectivity index (χ4n) is 0.797. The van der Waals surface area contributed by atoms with Gasteiger partial charge in [-0.15, -0.1) is 0 Å². The minimum absolute atomic E-state index is 0. The standard InChI is InChI=1S/C8H18N2O.C5H11NO.5CH4/c1-5-7(2)8(11)9-6-10(3)4;1-3-4(2)5(6)7;;;;;/h7H,5-6H2,1-4H3,(H,9,11);4H,3H2,1-2H3,(H2,6,7);5*1H4. The van der Waals surface area contributed by atoms with Crippen molar-refractivity contribution < 1.29 is 9.59 Å². The number of hydrogen-bond acceptors (Lipinski definition) is 3. The molecular formula is C18H49N3O2. The Balaban J connectivity index is -0.0000000387. The summed E-state index contributed by atoms with van der Waals surface area (Å²) in [7, 11) is 3.85. The van der Waals surface area contributed by atoms with Gasteiger partial charge in [0.05, 0.1) is 6.67 Å². The van der Waals surface area contributed by atoms with Gasteiger partial charge in [0.1, 0.15) is 0 Å². The maximum Gasteiger partial charge on any atom is 0.223 e. The molecule has 0 spiro atoms. The van der Waals surface area contributed by atoms with Crippen LogP contribution in [0.2, 0.25) is 0 Å². The van der Waals surface area contributed by atoms with Crippen LogP contribution in [0, 0.1) is 11.8 Å². The molecule has 0 rings (SSSR count). The Hall–Kier alpha value is -1.10. The van der Waals surface area contributed by atoms with Gasteiger partial charge >= 0.3 is 0 Å². The zero-order chi connectivity index (χ0) is 14.7. The molecule has 0 saturated heterocycles. The minimum Gasteiger partial charge on any atom is -0.369 e. The van der Waals surface area contributed by atoms with E-state index < -0.39 is 0 Å². The number of nitrogens with zero attached hydrogens (tertiary/aromatic N) is 1. The number of primary amides is 1. The van der Waals surface area contributed by atoms with Crippen molar-refractivity contribution in [3.8, 4) is 0 Å². The fourth-order valence-corrected chi connectivity index (χ4v) is 0.797. The van der Waals surface area contributed by atoms with Crippen LogP contribution in [0.5, 0.6) is 0 Å². The molecule has 0 aromatic heterocycles. The Bertz CT molecular complexity index is 244. The van der Waals surface area contributed by atoms with Crippen LogP contribution in [-0.2, 0) is 9.59 Å². The first kappa shape index (κ1) is 43.1. The third-order valence-corrected chi connectivity index (χ3v) is 2.73. The van der Waals surface area contributed by atoms with Crippen molar-refractivity contribution in [3.63, 3.8) is 0 Å². The lowest BCUT2D eigenvalue weighted by molar-refractivity contribution is -0.125. The van der Waals surface area contributed by atoms with Crippen LogP contribution in [-0.4, -0.2) is 37.5 Å². The van der Waals surface area contributed by atoms with E-state index in [1.165, 1.54) is 0 Å². The smallest absolute Gasteiger partial charge is 0.223 e. The van der Waals surface area contributed by atoms with E-state index in [9.17, 15) is 9.59 Å². The Morgan fingerprint density at radius 2 is 1.26 bits per heavy atom. The average molecular weight is 340 g/mol. The van der Waals surface area contributed by atoms with E-state index in [2.05, 4.69) is 5.32 Å². The molecule has 0 radical (unpaired) electrons. The molecule has 0 aromatic carbocycles. The van der Waals surface area contributed by atoms with Crippen molar-refractivity contribution in [1.82, 2.24) is 10.2 Å². The number of nitrogens with one attached hydrogen (secondary N) is 1. The first-order chi connectivity index (χ1) is 8.26. The summed E-state index contributed by atoms with van der Waals surface area (Å²) in [5, 5.41) is 2.82. The lowest BCUT2D eigenvalue weighted by Crippen LogP contribution is -2.36. The largest absolute Gasteiger partial charge is 0.369 e. The second-order valence-electron chi connectivity index (χ2n) is 4.80. The molecule has 148 valence electrons. The molecule has 0 heterocycles. The Morgan fingerprint density at radius 3 is 1.43 bits per heavy atom. The molecule has 5 heteroatoms. The van der Waals surface area contributed by atoms with Crippen LogP contribution in [0.1, 0.15) is 77.7 Å². The molecule has 2 atom stereocenters. The summed E-state index contributed by atoms with van der Waals surface area (Å²) in [6, 6.07) is 0. The maximum absolute atomic E-state index is 11.1. The summed E-state index contributed by atoms with van der Waals surface area (Å²) in [6.45, 7) is 8.34. The molecule has 0 saturated carbocycles. The molecule has 0 aliphatic carbocycles. The predicted molar refractivity (Wildman–Crippen MR) is 108 cm³/mol. The van der Waals surface area contributed by atoms with E-state index in [1.807, 2.05) is 46.7 Å². The normalized spacial score (nSPS) is 10.4. The molecule has 0 aliphatic heterocycles. The van der Waals surface area contributed by atoms with Crippen molar-refractivity contribution in [1.29, 1.82) is 0 Å². The quantitative estimate of drug-likeness (QED) is 0.706. The zero-order valence-electron chi connectivity index (χ0n) is 12.6. The van der Waals surface area contributed by atoms with Gasteiger partial charge in [0.2, 0.25) is 11.8 Å². The topological polar surface area (TPSA) is 75.4 Å². The number of amides is 2. The van der Waals surface area contributed by atoms with Crippen LogP contribution < -0.4 is 11.1 Å². The third-order valence-electron chi connectivity index (χ3n) is 2.73. The molecule has 0 aromatic rings. The van der Waals surface area contributed by atoms with Gasteiger partial charge in [-0.05, 0) is 26.9 Å². The molecule has 3 N–H and O–H groups in total. The zero-order valence-corrected chi connectivity index (χ0v) is 12.6. The average Bonchev–Trinajstić information content (AvgIpc) is 2.34. The Labute approximate surface area is 148 Å². The summed E-state index contributed by atoms with van der Waals surface area (Å²) in [6.07, 6.45) is 1.74. The molecule has 0 fully saturated rings. The van der Waals surface area contributed by atoms with Gasteiger partial charge in [0, 0.05) is 11.8 Å². The summed E-state index contributed by atoms with van der Waals surface area (Å²) >= 11 is 0. The highest BCUT2D eigenvalue weighted by Gasteiger charge is 2.08. The van der Waals surface area contributed by atoms with E-state index in [4.69, 9.17) is 5.73 Å². The van der Waals surface area contributed by atoms with E-state index in [0.717, 1.165) is 12.8 Å². The van der Waals surface area contributed by atoms with Gasteiger partial charge in [0.15, 0.2) is 0 Å². The van der Waals surface area contributed by atoms with Gasteiger partial charge < -0.3 is 11.1 Å². The minimum atomic E-state index is -0.206. The monoisotopic (exact) mass is 339 g/mol. The van der Waals surface area contributed by atoms with E-state index in [1.54, 1.807) is 0 Å². The molecule has 5 nitrogen and oxygen atoms in total. The lowest BCUT2D eigenvalue weighted by atomic mass is 10.1. The first-order valence-corrected chi connectivity index (χ1v) is 6.47. The van der Waals surface area contributed by atoms with Gasteiger partial charge in [-0.1, -0.05) is 64.8 Å². The van der Waals surface area contributed by atoms with Crippen LogP contribution in [0.4, 0.5) is 0 Å². The van der Waals surface area contributed by atoms with Gasteiger partial charge in [-0.3, -0.25) is 14.5 Å². The fraction of sp³-hybridized carbons (Fsp3) is 0.889.